The molecule has 0 aliphatic rings. The predicted octanol–water partition coefficient (Wildman–Crippen LogP) is 4.57. The number of thiazole rings is 1. The molecule has 0 radical (unpaired) electrons. The molecule has 0 unspecified atom stereocenters. The van der Waals surface area contributed by atoms with Crippen LogP contribution >= 0.6 is 22.9 Å². The van der Waals surface area contributed by atoms with E-state index in [-0.39, 0.29) is 6.42 Å². The van der Waals surface area contributed by atoms with E-state index in [9.17, 15) is 9.90 Å². The Balaban J connectivity index is 2.12. The SMILES string of the molecule is Cc1noc(C)c1/C=C(\CC(=O)O)c1nc2cc(Cl)ccc2s1. The van der Waals surface area contributed by atoms with E-state index in [1.807, 2.05) is 13.0 Å². The molecule has 3 rings (SSSR count). The minimum atomic E-state index is -0.916. The number of aryl methyl sites for hydroxylation is 2. The summed E-state index contributed by atoms with van der Waals surface area (Å²) in [6.45, 7) is 3.61. The zero-order valence-corrected chi connectivity index (χ0v) is 14.0. The molecule has 0 aliphatic heterocycles. The number of benzene rings is 1. The molecular formula is C16H13ClN2O3S. The van der Waals surface area contributed by atoms with Crippen LogP contribution in [0.2, 0.25) is 5.02 Å². The molecule has 1 N–H and O–H groups in total. The van der Waals surface area contributed by atoms with Crippen LogP contribution in [0, 0.1) is 13.8 Å². The van der Waals surface area contributed by atoms with E-state index >= 15 is 0 Å². The number of nitrogens with zero attached hydrogens (tertiary/aromatic N) is 2. The summed E-state index contributed by atoms with van der Waals surface area (Å²) < 4.78 is 6.09. The first-order valence-electron chi connectivity index (χ1n) is 6.85. The maximum absolute atomic E-state index is 11.2. The molecule has 0 saturated heterocycles. The van der Waals surface area contributed by atoms with Crippen molar-refractivity contribution in [2.75, 3.05) is 0 Å². The second-order valence-electron chi connectivity index (χ2n) is 5.11. The predicted molar refractivity (Wildman–Crippen MR) is 90.7 cm³/mol. The number of hydrogen-bond donors (Lipinski definition) is 1. The first-order chi connectivity index (χ1) is 10.9. The lowest BCUT2D eigenvalue weighted by Gasteiger charge is -2.01. The van der Waals surface area contributed by atoms with Crippen LogP contribution in [-0.2, 0) is 4.79 Å². The molecule has 7 heteroatoms. The lowest BCUT2D eigenvalue weighted by atomic mass is 10.1. The van der Waals surface area contributed by atoms with E-state index in [0.717, 1.165) is 21.5 Å². The minimum Gasteiger partial charge on any atom is -0.481 e. The molecule has 0 aliphatic carbocycles. The van der Waals surface area contributed by atoms with Crippen molar-refractivity contribution in [3.8, 4) is 0 Å². The zero-order chi connectivity index (χ0) is 16.6. The molecule has 2 aromatic heterocycles. The molecule has 0 saturated carbocycles. The van der Waals surface area contributed by atoms with E-state index in [1.54, 1.807) is 25.1 Å². The van der Waals surface area contributed by atoms with Gasteiger partial charge in [-0.15, -0.1) is 11.3 Å². The highest BCUT2D eigenvalue weighted by Crippen LogP contribution is 2.32. The van der Waals surface area contributed by atoms with Gasteiger partial charge in [0, 0.05) is 10.6 Å². The molecule has 0 spiro atoms. The summed E-state index contributed by atoms with van der Waals surface area (Å²) in [5, 5.41) is 14.4. The average Bonchev–Trinajstić information content (AvgIpc) is 3.03. The summed E-state index contributed by atoms with van der Waals surface area (Å²) in [4.78, 5) is 15.7. The number of aliphatic carboxylic acids is 1. The number of carboxylic acid groups (broad SMARTS) is 1. The fourth-order valence-corrected chi connectivity index (χ4v) is 3.39. The third-order valence-corrected chi connectivity index (χ3v) is 4.72. The maximum Gasteiger partial charge on any atom is 0.307 e. The second kappa shape index (κ2) is 6.14. The average molecular weight is 349 g/mol. The Kier molecular flexibility index (Phi) is 4.19. The smallest absolute Gasteiger partial charge is 0.307 e. The van der Waals surface area contributed by atoms with Gasteiger partial charge in [0.25, 0.3) is 0 Å². The van der Waals surface area contributed by atoms with Crippen LogP contribution in [0.1, 0.15) is 28.4 Å². The van der Waals surface area contributed by atoms with E-state index in [0.29, 0.717) is 21.4 Å². The van der Waals surface area contributed by atoms with Crippen molar-refractivity contribution in [1.82, 2.24) is 10.1 Å². The van der Waals surface area contributed by atoms with Crippen molar-refractivity contribution in [3.05, 3.63) is 45.2 Å². The fraction of sp³-hybridized carbons (Fsp3) is 0.188. The van der Waals surface area contributed by atoms with Crippen LogP contribution in [0.3, 0.4) is 0 Å². The Hall–Kier alpha value is -2.18. The Labute approximate surface area is 141 Å². The highest BCUT2D eigenvalue weighted by atomic mass is 35.5. The van der Waals surface area contributed by atoms with E-state index in [4.69, 9.17) is 16.1 Å². The number of halogens is 1. The third kappa shape index (κ3) is 3.28. The fourth-order valence-electron chi connectivity index (χ4n) is 2.26. The largest absolute Gasteiger partial charge is 0.481 e. The summed E-state index contributed by atoms with van der Waals surface area (Å²) in [7, 11) is 0. The molecule has 3 aromatic rings. The van der Waals surface area contributed by atoms with Crippen molar-refractivity contribution >= 4 is 50.8 Å². The van der Waals surface area contributed by atoms with Crippen molar-refractivity contribution in [1.29, 1.82) is 0 Å². The molecule has 0 fully saturated rings. The maximum atomic E-state index is 11.2. The van der Waals surface area contributed by atoms with Crippen LogP contribution in [0.5, 0.6) is 0 Å². The Morgan fingerprint density at radius 3 is 2.87 bits per heavy atom. The summed E-state index contributed by atoms with van der Waals surface area (Å²) in [5.74, 6) is -0.269. The number of carbonyl (C=O) groups is 1. The summed E-state index contributed by atoms with van der Waals surface area (Å²) in [6, 6.07) is 5.44. The molecule has 23 heavy (non-hydrogen) atoms. The minimum absolute atomic E-state index is 0.127. The van der Waals surface area contributed by atoms with Gasteiger partial charge < -0.3 is 9.63 Å². The van der Waals surface area contributed by atoms with Gasteiger partial charge in [-0.3, -0.25) is 4.79 Å². The lowest BCUT2D eigenvalue weighted by molar-refractivity contribution is -0.135. The van der Waals surface area contributed by atoms with Gasteiger partial charge in [0.15, 0.2) is 0 Å². The molecule has 2 heterocycles. The molecule has 1 aromatic carbocycles. The van der Waals surface area contributed by atoms with Crippen molar-refractivity contribution in [3.63, 3.8) is 0 Å². The van der Waals surface area contributed by atoms with Gasteiger partial charge in [-0.25, -0.2) is 4.98 Å². The Bertz CT molecular complexity index is 907. The number of carboxylic acids is 1. The zero-order valence-electron chi connectivity index (χ0n) is 12.5. The van der Waals surface area contributed by atoms with Gasteiger partial charge in [0.1, 0.15) is 10.8 Å². The molecule has 5 nitrogen and oxygen atoms in total. The van der Waals surface area contributed by atoms with Crippen LogP contribution in [-0.4, -0.2) is 21.2 Å². The van der Waals surface area contributed by atoms with Gasteiger partial charge in [0.05, 0.1) is 22.3 Å². The molecule has 0 amide bonds. The van der Waals surface area contributed by atoms with Crippen molar-refractivity contribution < 1.29 is 14.4 Å². The first-order valence-corrected chi connectivity index (χ1v) is 8.05. The Morgan fingerprint density at radius 1 is 1.43 bits per heavy atom. The van der Waals surface area contributed by atoms with Crippen molar-refractivity contribution in [2.24, 2.45) is 0 Å². The number of fused-ring (bicyclic) bond motifs is 1. The monoisotopic (exact) mass is 348 g/mol. The standard InChI is InChI=1S/C16H13ClN2O3S/c1-8-12(9(2)22-19-8)5-10(6-15(20)21)16-18-13-7-11(17)3-4-14(13)23-16/h3-5,7H,6H2,1-2H3,(H,20,21)/b10-5+. The van der Waals surface area contributed by atoms with E-state index in [2.05, 4.69) is 10.1 Å². The summed E-state index contributed by atoms with van der Waals surface area (Å²) in [6.07, 6.45) is 1.66. The van der Waals surface area contributed by atoms with Crippen LogP contribution in [0.15, 0.2) is 22.7 Å². The van der Waals surface area contributed by atoms with Crippen LogP contribution < -0.4 is 0 Å². The summed E-state index contributed by atoms with van der Waals surface area (Å²) in [5.41, 5.74) is 2.88. The van der Waals surface area contributed by atoms with Gasteiger partial charge in [-0.2, -0.15) is 0 Å². The number of rotatable bonds is 4. The highest BCUT2D eigenvalue weighted by molar-refractivity contribution is 7.19. The van der Waals surface area contributed by atoms with Gasteiger partial charge in [0.2, 0.25) is 0 Å². The molecular weight excluding hydrogens is 336 g/mol. The van der Waals surface area contributed by atoms with E-state index in [1.165, 1.54) is 11.3 Å². The van der Waals surface area contributed by atoms with Gasteiger partial charge >= 0.3 is 5.97 Å². The summed E-state index contributed by atoms with van der Waals surface area (Å²) >= 11 is 7.42. The van der Waals surface area contributed by atoms with Crippen LogP contribution in [0.25, 0.3) is 21.9 Å². The Morgan fingerprint density at radius 2 is 2.22 bits per heavy atom. The van der Waals surface area contributed by atoms with Crippen molar-refractivity contribution in [2.45, 2.75) is 20.3 Å². The number of aromatic nitrogens is 2. The number of hydrogen-bond acceptors (Lipinski definition) is 5. The normalized spacial score (nSPS) is 12.0. The quantitative estimate of drug-likeness (QED) is 0.747. The topological polar surface area (TPSA) is 76.2 Å². The van der Waals surface area contributed by atoms with Crippen LogP contribution in [0.4, 0.5) is 0 Å². The second-order valence-corrected chi connectivity index (χ2v) is 6.58. The van der Waals surface area contributed by atoms with E-state index < -0.39 is 5.97 Å². The third-order valence-electron chi connectivity index (χ3n) is 3.37. The first kappa shape index (κ1) is 15.7. The molecule has 0 bridgehead atoms. The van der Waals surface area contributed by atoms with Gasteiger partial charge in [-0.1, -0.05) is 16.8 Å². The van der Waals surface area contributed by atoms with Gasteiger partial charge in [-0.05, 0) is 43.7 Å². The molecule has 118 valence electrons. The molecule has 0 atom stereocenters. The highest BCUT2D eigenvalue weighted by Gasteiger charge is 2.15. The lowest BCUT2D eigenvalue weighted by Crippen LogP contribution is -1.97.